The largest absolute Gasteiger partial charge is 0.434 e. The van der Waals surface area contributed by atoms with Crippen LogP contribution in [0.1, 0.15) is 46.0 Å². The molecule has 4 heteroatoms. The van der Waals surface area contributed by atoms with E-state index in [4.69, 9.17) is 14.6 Å². The van der Waals surface area contributed by atoms with Crippen molar-refractivity contribution >= 4 is 5.97 Å². The van der Waals surface area contributed by atoms with Crippen LogP contribution in [-0.4, -0.2) is 29.6 Å². The fourth-order valence-electron chi connectivity index (χ4n) is 4.70. The SMILES string of the molecule is CC(OC(=O)C(C)O)OC1CC2CC1C1CCCC21. The molecule has 7 unspecified atom stereocenters. The number of carbonyl (C=O) groups is 1. The van der Waals surface area contributed by atoms with Crippen molar-refractivity contribution < 1.29 is 19.4 Å². The molecule has 0 aromatic heterocycles. The van der Waals surface area contributed by atoms with Crippen molar-refractivity contribution in [1.82, 2.24) is 0 Å². The van der Waals surface area contributed by atoms with Crippen LogP contribution in [0.25, 0.3) is 0 Å². The van der Waals surface area contributed by atoms with E-state index in [1.807, 2.05) is 0 Å². The summed E-state index contributed by atoms with van der Waals surface area (Å²) in [7, 11) is 0. The van der Waals surface area contributed by atoms with Gasteiger partial charge in [0.25, 0.3) is 0 Å². The van der Waals surface area contributed by atoms with Crippen LogP contribution in [0.2, 0.25) is 0 Å². The third-order valence-corrected chi connectivity index (χ3v) is 5.36. The summed E-state index contributed by atoms with van der Waals surface area (Å²) in [5.41, 5.74) is 0. The quantitative estimate of drug-likeness (QED) is 0.626. The fourth-order valence-corrected chi connectivity index (χ4v) is 4.70. The Morgan fingerprint density at radius 2 is 1.89 bits per heavy atom. The first-order valence-electron chi connectivity index (χ1n) is 7.60. The Balaban J connectivity index is 1.53. The number of hydrogen-bond donors (Lipinski definition) is 1. The molecule has 3 fully saturated rings. The topological polar surface area (TPSA) is 55.8 Å². The molecule has 0 aromatic carbocycles. The molecular formula is C15H24O4. The van der Waals surface area contributed by atoms with Gasteiger partial charge >= 0.3 is 5.97 Å². The van der Waals surface area contributed by atoms with Gasteiger partial charge in [-0.3, -0.25) is 0 Å². The van der Waals surface area contributed by atoms with Crippen LogP contribution in [0.4, 0.5) is 0 Å². The van der Waals surface area contributed by atoms with Gasteiger partial charge in [-0.2, -0.15) is 0 Å². The molecule has 0 amide bonds. The second-order valence-corrected chi connectivity index (χ2v) is 6.51. The van der Waals surface area contributed by atoms with Gasteiger partial charge in [0, 0.05) is 0 Å². The molecule has 3 aliphatic carbocycles. The molecule has 0 saturated heterocycles. The molecule has 0 spiro atoms. The average Bonchev–Trinajstić information content (AvgIpc) is 2.98. The third kappa shape index (κ3) is 2.40. The number of fused-ring (bicyclic) bond motifs is 5. The minimum Gasteiger partial charge on any atom is -0.434 e. The number of aliphatic hydroxyl groups excluding tert-OH is 1. The lowest BCUT2D eigenvalue weighted by atomic mass is 9.80. The van der Waals surface area contributed by atoms with Crippen LogP contribution >= 0.6 is 0 Å². The van der Waals surface area contributed by atoms with Crippen molar-refractivity contribution in [2.75, 3.05) is 0 Å². The summed E-state index contributed by atoms with van der Waals surface area (Å²) in [6.45, 7) is 3.16. The Morgan fingerprint density at radius 3 is 2.63 bits per heavy atom. The van der Waals surface area contributed by atoms with Gasteiger partial charge < -0.3 is 14.6 Å². The Bertz CT molecular complexity index is 354. The molecule has 1 N–H and O–H groups in total. The van der Waals surface area contributed by atoms with Crippen LogP contribution in [0, 0.1) is 23.7 Å². The molecule has 2 bridgehead atoms. The van der Waals surface area contributed by atoms with Crippen molar-refractivity contribution in [3.63, 3.8) is 0 Å². The smallest absolute Gasteiger partial charge is 0.336 e. The molecule has 3 rings (SSSR count). The molecular weight excluding hydrogens is 244 g/mol. The molecule has 0 aliphatic heterocycles. The summed E-state index contributed by atoms with van der Waals surface area (Å²) >= 11 is 0. The van der Waals surface area contributed by atoms with Crippen molar-refractivity contribution in [2.45, 2.75) is 64.4 Å². The molecule has 3 aliphatic rings. The zero-order chi connectivity index (χ0) is 13.6. The second-order valence-electron chi connectivity index (χ2n) is 6.51. The highest BCUT2D eigenvalue weighted by atomic mass is 16.7. The minimum atomic E-state index is -1.08. The van der Waals surface area contributed by atoms with Gasteiger partial charge in [-0.1, -0.05) is 6.42 Å². The van der Waals surface area contributed by atoms with Gasteiger partial charge in [0.2, 0.25) is 6.29 Å². The molecule has 4 nitrogen and oxygen atoms in total. The van der Waals surface area contributed by atoms with E-state index in [9.17, 15) is 4.79 Å². The Morgan fingerprint density at radius 1 is 1.16 bits per heavy atom. The van der Waals surface area contributed by atoms with Crippen LogP contribution in [0.5, 0.6) is 0 Å². The molecule has 19 heavy (non-hydrogen) atoms. The molecule has 3 saturated carbocycles. The van der Waals surface area contributed by atoms with E-state index >= 15 is 0 Å². The van der Waals surface area contributed by atoms with E-state index in [0.29, 0.717) is 5.92 Å². The summed E-state index contributed by atoms with van der Waals surface area (Å²) in [5, 5.41) is 9.13. The first-order chi connectivity index (χ1) is 9.06. The maximum absolute atomic E-state index is 11.3. The van der Waals surface area contributed by atoms with E-state index in [-0.39, 0.29) is 6.10 Å². The van der Waals surface area contributed by atoms with E-state index in [1.165, 1.54) is 32.6 Å². The maximum atomic E-state index is 11.3. The van der Waals surface area contributed by atoms with Crippen molar-refractivity contribution in [1.29, 1.82) is 0 Å². The van der Waals surface area contributed by atoms with Gasteiger partial charge in [-0.15, -0.1) is 0 Å². The monoisotopic (exact) mass is 268 g/mol. The summed E-state index contributed by atoms with van der Waals surface area (Å²) in [5.74, 6) is 2.70. The first-order valence-corrected chi connectivity index (χ1v) is 7.60. The highest BCUT2D eigenvalue weighted by molar-refractivity contribution is 5.73. The lowest BCUT2D eigenvalue weighted by Gasteiger charge is -2.33. The number of ether oxygens (including phenoxy) is 2. The van der Waals surface area contributed by atoms with Crippen LogP contribution < -0.4 is 0 Å². The third-order valence-electron chi connectivity index (χ3n) is 5.36. The molecule has 0 heterocycles. The second kappa shape index (κ2) is 5.06. The lowest BCUT2D eigenvalue weighted by Crippen LogP contribution is -2.35. The number of rotatable bonds is 4. The zero-order valence-corrected chi connectivity index (χ0v) is 11.7. The summed E-state index contributed by atoms with van der Waals surface area (Å²) in [6.07, 6.45) is 5.19. The highest BCUT2D eigenvalue weighted by Gasteiger charge is 2.54. The Hall–Kier alpha value is -0.610. The average molecular weight is 268 g/mol. The van der Waals surface area contributed by atoms with E-state index in [1.54, 1.807) is 6.92 Å². The summed E-state index contributed by atoms with van der Waals surface area (Å²) in [6, 6.07) is 0. The van der Waals surface area contributed by atoms with Gasteiger partial charge in [-0.05, 0) is 63.2 Å². The standard InChI is InChI=1S/C15H24O4/c1-8(16)15(17)19-9(2)18-14-7-10-6-13(14)12-5-3-4-11(10)12/h8-14,16H,3-7H2,1-2H3. The lowest BCUT2D eigenvalue weighted by molar-refractivity contribution is -0.198. The summed E-state index contributed by atoms with van der Waals surface area (Å²) < 4.78 is 11.0. The van der Waals surface area contributed by atoms with E-state index in [0.717, 1.165) is 24.2 Å². The molecule has 7 atom stereocenters. The van der Waals surface area contributed by atoms with Gasteiger partial charge in [0.1, 0.15) is 6.10 Å². The summed E-state index contributed by atoms with van der Waals surface area (Å²) in [4.78, 5) is 11.3. The highest BCUT2D eigenvalue weighted by Crippen LogP contribution is 2.59. The molecule has 108 valence electrons. The zero-order valence-electron chi connectivity index (χ0n) is 11.7. The Labute approximate surface area is 114 Å². The Kier molecular flexibility index (Phi) is 3.56. The van der Waals surface area contributed by atoms with Crippen molar-refractivity contribution in [2.24, 2.45) is 23.7 Å². The fraction of sp³-hybridized carbons (Fsp3) is 0.933. The number of aliphatic hydroxyl groups is 1. The van der Waals surface area contributed by atoms with Gasteiger partial charge in [0.15, 0.2) is 0 Å². The van der Waals surface area contributed by atoms with E-state index < -0.39 is 18.4 Å². The minimum absolute atomic E-state index is 0.251. The predicted molar refractivity (Wildman–Crippen MR) is 69.2 cm³/mol. The number of esters is 1. The van der Waals surface area contributed by atoms with Crippen LogP contribution in [-0.2, 0) is 14.3 Å². The van der Waals surface area contributed by atoms with Crippen molar-refractivity contribution in [3.8, 4) is 0 Å². The molecule has 0 aromatic rings. The number of hydrogen-bond acceptors (Lipinski definition) is 4. The predicted octanol–water partition coefficient (Wildman–Crippen LogP) is 2.10. The maximum Gasteiger partial charge on any atom is 0.336 e. The first kappa shape index (κ1) is 13.4. The van der Waals surface area contributed by atoms with Gasteiger partial charge in [-0.25, -0.2) is 4.79 Å². The molecule has 0 radical (unpaired) electrons. The van der Waals surface area contributed by atoms with Gasteiger partial charge in [0.05, 0.1) is 6.10 Å². The van der Waals surface area contributed by atoms with Crippen molar-refractivity contribution in [3.05, 3.63) is 0 Å². The van der Waals surface area contributed by atoms with Crippen LogP contribution in [0.15, 0.2) is 0 Å². The number of carbonyl (C=O) groups excluding carboxylic acids is 1. The van der Waals surface area contributed by atoms with Crippen LogP contribution in [0.3, 0.4) is 0 Å². The normalized spacial score (nSPS) is 43.0. The van der Waals surface area contributed by atoms with E-state index in [2.05, 4.69) is 0 Å².